The van der Waals surface area contributed by atoms with Crippen LogP contribution >= 0.6 is 15.9 Å². The molecule has 0 bridgehead atoms. The lowest BCUT2D eigenvalue weighted by Crippen LogP contribution is -2.11. The molecule has 2 aromatic carbocycles. The largest absolute Gasteiger partial charge is 0.408 e. The molecule has 0 aliphatic carbocycles. The number of amides is 1. The maximum Gasteiger partial charge on any atom is 0.322 e. The summed E-state index contributed by atoms with van der Waals surface area (Å²) in [5, 5.41) is 9.97. The normalized spacial score (nSPS) is 11.3. The van der Waals surface area contributed by atoms with Gasteiger partial charge in [-0.2, -0.15) is 0 Å². The van der Waals surface area contributed by atoms with E-state index in [0.717, 1.165) is 4.47 Å². The standard InChI is InChI=1S/C17H14BrN3O4S/c18-13-8-6-12(7-9-13)16(22)19-17-21-20-15(25-17)10-11-26(23,24)14-4-2-1-3-5-14/h1-9H,10-11H2,(H,19,21,22). The molecule has 0 aliphatic rings. The van der Waals surface area contributed by atoms with Crippen LogP contribution in [0, 0.1) is 0 Å². The summed E-state index contributed by atoms with van der Waals surface area (Å²) in [5.74, 6) is -0.431. The van der Waals surface area contributed by atoms with Crippen molar-refractivity contribution in [2.75, 3.05) is 11.1 Å². The Morgan fingerprint density at radius 3 is 2.42 bits per heavy atom. The second-order valence-electron chi connectivity index (χ2n) is 5.34. The third-order valence-corrected chi connectivity index (χ3v) is 5.74. The number of aromatic nitrogens is 2. The number of rotatable bonds is 6. The van der Waals surface area contributed by atoms with Gasteiger partial charge < -0.3 is 4.42 Å². The maximum absolute atomic E-state index is 12.2. The van der Waals surface area contributed by atoms with E-state index in [1.807, 2.05) is 0 Å². The van der Waals surface area contributed by atoms with Gasteiger partial charge in [-0.05, 0) is 36.4 Å². The van der Waals surface area contributed by atoms with E-state index in [4.69, 9.17) is 4.42 Å². The number of nitrogens with one attached hydrogen (secondary N) is 1. The number of anilines is 1. The Hall–Kier alpha value is -2.52. The first-order chi connectivity index (χ1) is 12.4. The first-order valence-corrected chi connectivity index (χ1v) is 10.1. The molecule has 0 spiro atoms. The molecule has 9 heteroatoms. The van der Waals surface area contributed by atoms with Crippen LogP contribution in [0.2, 0.25) is 0 Å². The van der Waals surface area contributed by atoms with E-state index in [9.17, 15) is 13.2 Å². The highest BCUT2D eigenvalue weighted by Gasteiger charge is 2.17. The molecule has 7 nitrogen and oxygen atoms in total. The van der Waals surface area contributed by atoms with Crippen molar-refractivity contribution in [1.29, 1.82) is 0 Å². The van der Waals surface area contributed by atoms with Crippen LogP contribution in [0.1, 0.15) is 16.2 Å². The fourth-order valence-electron chi connectivity index (χ4n) is 2.14. The number of halogens is 1. The third kappa shape index (κ3) is 4.55. The quantitative estimate of drug-likeness (QED) is 0.637. The minimum atomic E-state index is -3.44. The summed E-state index contributed by atoms with van der Waals surface area (Å²) >= 11 is 3.29. The highest BCUT2D eigenvalue weighted by Crippen LogP contribution is 2.15. The molecule has 134 valence electrons. The molecule has 1 aromatic heterocycles. The molecular formula is C17H14BrN3O4S. The molecule has 1 amide bonds. The Kier molecular flexibility index (Phi) is 5.48. The lowest BCUT2D eigenvalue weighted by Gasteiger charge is -2.02. The number of hydrogen-bond donors (Lipinski definition) is 1. The van der Waals surface area contributed by atoms with E-state index in [2.05, 4.69) is 31.4 Å². The van der Waals surface area contributed by atoms with Gasteiger partial charge in [0, 0.05) is 16.5 Å². The molecule has 3 rings (SSSR count). The van der Waals surface area contributed by atoms with E-state index in [1.165, 1.54) is 12.1 Å². The van der Waals surface area contributed by atoms with E-state index < -0.39 is 15.7 Å². The average molecular weight is 436 g/mol. The highest BCUT2D eigenvalue weighted by molar-refractivity contribution is 9.10. The topological polar surface area (TPSA) is 102 Å². The first kappa shape index (κ1) is 18.3. The van der Waals surface area contributed by atoms with Gasteiger partial charge in [-0.25, -0.2) is 8.42 Å². The Labute approximate surface area is 158 Å². The fourth-order valence-corrected chi connectivity index (χ4v) is 3.66. The van der Waals surface area contributed by atoms with Crippen LogP contribution in [0.3, 0.4) is 0 Å². The number of benzene rings is 2. The molecule has 0 saturated heterocycles. The summed E-state index contributed by atoms with van der Waals surface area (Å²) < 4.78 is 30.6. The Bertz CT molecular complexity index is 1000. The van der Waals surface area contributed by atoms with Gasteiger partial charge in [-0.15, -0.1) is 5.10 Å². The van der Waals surface area contributed by atoms with Crippen LogP contribution in [0.25, 0.3) is 0 Å². The first-order valence-electron chi connectivity index (χ1n) is 7.61. The maximum atomic E-state index is 12.2. The van der Waals surface area contributed by atoms with Crippen molar-refractivity contribution in [1.82, 2.24) is 10.2 Å². The number of carbonyl (C=O) groups excluding carboxylic acids is 1. The molecule has 0 unspecified atom stereocenters. The number of aryl methyl sites for hydroxylation is 1. The minimum absolute atomic E-state index is 0.0540. The number of hydrogen-bond acceptors (Lipinski definition) is 6. The summed E-state index contributed by atoms with van der Waals surface area (Å²) in [6.45, 7) is 0. The summed E-state index contributed by atoms with van der Waals surface area (Å²) in [7, 11) is -3.44. The highest BCUT2D eigenvalue weighted by atomic mass is 79.9. The van der Waals surface area contributed by atoms with E-state index in [-0.39, 0.29) is 29.0 Å². The van der Waals surface area contributed by atoms with Crippen LogP contribution in [0.4, 0.5) is 6.01 Å². The second kappa shape index (κ2) is 7.79. The van der Waals surface area contributed by atoms with Gasteiger partial charge in [0.25, 0.3) is 5.91 Å². The molecular weight excluding hydrogens is 422 g/mol. The lowest BCUT2D eigenvalue weighted by molar-refractivity contribution is 0.102. The van der Waals surface area contributed by atoms with Gasteiger partial charge >= 0.3 is 6.01 Å². The van der Waals surface area contributed by atoms with Crippen LogP contribution in [-0.4, -0.2) is 30.3 Å². The molecule has 1 heterocycles. The Morgan fingerprint density at radius 2 is 1.73 bits per heavy atom. The van der Waals surface area contributed by atoms with Gasteiger partial charge in [0.05, 0.1) is 10.6 Å². The van der Waals surface area contributed by atoms with Gasteiger partial charge in [0.1, 0.15) is 0 Å². The lowest BCUT2D eigenvalue weighted by atomic mass is 10.2. The predicted octanol–water partition coefficient (Wildman–Crippen LogP) is 3.10. The van der Waals surface area contributed by atoms with Crippen molar-refractivity contribution in [3.05, 3.63) is 70.5 Å². The van der Waals surface area contributed by atoms with Gasteiger partial charge in [0.2, 0.25) is 5.89 Å². The van der Waals surface area contributed by atoms with Crippen LogP contribution in [-0.2, 0) is 16.3 Å². The van der Waals surface area contributed by atoms with Crippen molar-refractivity contribution in [2.45, 2.75) is 11.3 Å². The third-order valence-electron chi connectivity index (χ3n) is 3.48. The fraction of sp³-hybridized carbons (Fsp3) is 0.118. The zero-order valence-corrected chi connectivity index (χ0v) is 15.8. The number of carbonyl (C=O) groups is 1. The van der Waals surface area contributed by atoms with Gasteiger partial charge in [-0.1, -0.05) is 39.2 Å². The summed E-state index contributed by atoms with van der Waals surface area (Å²) in [4.78, 5) is 12.3. The van der Waals surface area contributed by atoms with E-state index in [1.54, 1.807) is 42.5 Å². The van der Waals surface area contributed by atoms with Gasteiger partial charge in [-0.3, -0.25) is 10.1 Å². The Morgan fingerprint density at radius 1 is 1.04 bits per heavy atom. The van der Waals surface area contributed by atoms with Crippen molar-refractivity contribution in [2.24, 2.45) is 0 Å². The van der Waals surface area contributed by atoms with E-state index in [0.29, 0.717) is 5.56 Å². The average Bonchev–Trinajstić information content (AvgIpc) is 3.09. The molecule has 0 atom stereocenters. The zero-order valence-electron chi connectivity index (χ0n) is 13.4. The zero-order chi connectivity index (χ0) is 18.6. The smallest absolute Gasteiger partial charge is 0.322 e. The molecule has 1 N–H and O–H groups in total. The number of sulfone groups is 1. The monoisotopic (exact) mass is 435 g/mol. The number of nitrogens with zero attached hydrogens (tertiary/aromatic N) is 2. The molecule has 0 saturated carbocycles. The Balaban J connectivity index is 1.61. The summed E-state index contributed by atoms with van der Waals surface area (Å²) in [6.07, 6.45) is 0.0540. The molecule has 0 aliphatic heterocycles. The minimum Gasteiger partial charge on any atom is -0.408 e. The van der Waals surface area contributed by atoms with Crippen LogP contribution in [0.15, 0.2) is 68.4 Å². The molecule has 26 heavy (non-hydrogen) atoms. The second-order valence-corrected chi connectivity index (χ2v) is 8.37. The molecule has 0 radical (unpaired) electrons. The summed E-state index contributed by atoms with van der Waals surface area (Å²) in [6, 6.07) is 14.8. The molecule has 3 aromatic rings. The van der Waals surface area contributed by atoms with Gasteiger partial charge in [0.15, 0.2) is 9.84 Å². The van der Waals surface area contributed by atoms with E-state index >= 15 is 0 Å². The van der Waals surface area contributed by atoms with Crippen molar-refractivity contribution < 1.29 is 17.6 Å². The van der Waals surface area contributed by atoms with Crippen molar-refractivity contribution >= 4 is 37.7 Å². The predicted molar refractivity (Wildman–Crippen MR) is 98.6 cm³/mol. The summed E-state index contributed by atoms with van der Waals surface area (Å²) in [5.41, 5.74) is 0.430. The van der Waals surface area contributed by atoms with Crippen molar-refractivity contribution in [3.8, 4) is 0 Å². The van der Waals surface area contributed by atoms with Crippen LogP contribution in [0.5, 0.6) is 0 Å². The molecule has 0 fully saturated rings. The van der Waals surface area contributed by atoms with Crippen LogP contribution < -0.4 is 5.32 Å². The van der Waals surface area contributed by atoms with Crippen molar-refractivity contribution in [3.63, 3.8) is 0 Å². The SMILES string of the molecule is O=C(Nc1nnc(CCS(=O)(=O)c2ccccc2)o1)c1ccc(Br)cc1.